The first kappa shape index (κ1) is 17.1. The van der Waals surface area contributed by atoms with Crippen LogP contribution in [0.1, 0.15) is 5.69 Å². The lowest BCUT2D eigenvalue weighted by molar-refractivity contribution is 0.251. The molecule has 1 heterocycles. The van der Waals surface area contributed by atoms with Crippen molar-refractivity contribution < 1.29 is 13.2 Å². The quantitative estimate of drug-likeness (QED) is 0.845. The molecule has 2 rings (SSSR count). The molecule has 9 heteroatoms. The van der Waals surface area contributed by atoms with Crippen LogP contribution >= 0.6 is 0 Å². The molecule has 0 radical (unpaired) electrons. The molecule has 1 aromatic heterocycles. The third kappa shape index (κ3) is 4.60. The first-order valence-electron chi connectivity index (χ1n) is 6.96. The van der Waals surface area contributed by atoms with E-state index in [0.29, 0.717) is 11.2 Å². The molecule has 2 amide bonds. The molecule has 23 heavy (non-hydrogen) atoms. The summed E-state index contributed by atoms with van der Waals surface area (Å²) in [6.07, 6.45) is 1.12. The highest BCUT2D eigenvalue weighted by Gasteiger charge is 2.11. The van der Waals surface area contributed by atoms with Gasteiger partial charge >= 0.3 is 6.03 Å². The fraction of sp³-hybridized carbons (Fsp3) is 0.357. The smallest absolute Gasteiger partial charge is 0.319 e. The summed E-state index contributed by atoms with van der Waals surface area (Å²) in [4.78, 5) is 11.9. The topological polar surface area (TPSA) is 104 Å². The summed E-state index contributed by atoms with van der Waals surface area (Å²) < 4.78 is 23.7. The number of carbonyl (C=O) groups excluding carboxylic acids is 1. The number of likely N-dealkylation sites (N-methyl/N-ethyl adjacent to an activating group) is 1. The molecule has 2 aromatic rings. The van der Waals surface area contributed by atoms with Crippen molar-refractivity contribution in [3.05, 3.63) is 30.0 Å². The van der Waals surface area contributed by atoms with Crippen LogP contribution in [0, 0.1) is 6.92 Å². The Morgan fingerprint density at radius 2 is 2.04 bits per heavy atom. The standard InChI is InChI=1S/C14H19N5O3S/c1-10-9-11-12(5-4-6-13(11)18-17-10)16-14(20)15-7-8-19(2)23(3,21)22/h4-6,9H,7-8H2,1-3H3,(H2,15,16,20). The molecule has 0 spiro atoms. The van der Waals surface area contributed by atoms with Crippen molar-refractivity contribution in [3.63, 3.8) is 0 Å². The minimum Gasteiger partial charge on any atom is -0.337 e. The van der Waals surface area contributed by atoms with E-state index in [1.807, 2.05) is 19.1 Å². The highest BCUT2D eigenvalue weighted by atomic mass is 32.2. The van der Waals surface area contributed by atoms with Gasteiger partial charge in [0.15, 0.2) is 0 Å². The summed E-state index contributed by atoms with van der Waals surface area (Å²) in [6.45, 7) is 2.23. The number of urea groups is 1. The minimum atomic E-state index is -3.25. The maximum atomic E-state index is 11.9. The lowest BCUT2D eigenvalue weighted by Crippen LogP contribution is -2.37. The van der Waals surface area contributed by atoms with Crippen LogP contribution in [-0.4, -0.2) is 55.3 Å². The number of benzene rings is 1. The van der Waals surface area contributed by atoms with E-state index < -0.39 is 16.1 Å². The lowest BCUT2D eigenvalue weighted by Gasteiger charge is -2.15. The van der Waals surface area contributed by atoms with Crippen molar-refractivity contribution in [2.24, 2.45) is 0 Å². The number of carbonyl (C=O) groups is 1. The number of aryl methyl sites for hydroxylation is 1. The molecule has 0 aliphatic carbocycles. The number of amides is 2. The summed E-state index contributed by atoms with van der Waals surface area (Å²) in [6, 6.07) is 6.79. The number of rotatable bonds is 5. The largest absolute Gasteiger partial charge is 0.337 e. The Balaban J connectivity index is 2.00. The molecule has 0 bridgehead atoms. The van der Waals surface area contributed by atoms with Crippen molar-refractivity contribution in [2.75, 3.05) is 31.7 Å². The molecule has 1 aromatic carbocycles. The summed E-state index contributed by atoms with van der Waals surface area (Å²) >= 11 is 0. The van der Waals surface area contributed by atoms with Crippen LogP contribution in [0.5, 0.6) is 0 Å². The normalized spacial score (nSPS) is 11.7. The van der Waals surface area contributed by atoms with Crippen LogP contribution < -0.4 is 10.6 Å². The van der Waals surface area contributed by atoms with Crippen LogP contribution in [0.4, 0.5) is 10.5 Å². The average molecular weight is 337 g/mol. The van der Waals surface area contributed by atoms with Crippen LogP contribution in [0.15, 0.2) is 24.3 Å². The molecule has 0 aliphatic heterocycles. The van der Waals surface area contributed by atoms with E-state index in [4.69, 9.17) is 0 Å². The number of anilines is 1. The molecule has 0 fully saturated rings. The Morgan fingerprint density at radius 1 is 1.30 bits per heavy atom. The molecule has 0 saturated carbocycles. The summed E-state index contributed by atoms with van der Waals surface area (Å²) in [7, 11) is -1.79. The summed E-state index contributed by atoms with van der Waals surface area (Å²) in [5.41, 5.74) is 2.06. The molecule has 0 saturated heterocycles. The van der Waals surface area contributed by atoms with E-state index in [9.17, 15) is 13.2 Å². The molecule has 0 aliphatic rings. The second-order valence-electron chi connectivity index (χ2n) is 5.19. The maximum Gasteiger partial charge on any atom is 0.319 e. The summed E-state index contributed by atoms with van der Waals surface area (Å²) in [5.74, 6) is 0. The molecule has 8 nitrogen and oxygen atoms in total. The molecular formula is C14H19N5O3S. The van der Waals surface area contributed by atoms with Gasteiger partial charge in [-0.3, -0.25) is 0 Å². The van der Waals surface area contributed by atoms with Crippen molar-refractivity contribution in [1.29, 1.82) is 0 Å². The molecule has 0 atom stereocenters. The first-order chi connectivity index (χ1) is 10.8. The highest BCUT2D eigenvalue weighted by molar-refractivity contribution is 7.88. The fourth-order valence-corrected chi connectivity index (χ4v) is 2.35. The Kier molecular flexibility index (Phi) is 5.12. The van der Waals surface area contributed by atoms with Crippen LogP contribution in [0.3, 0.4) is 0 Å². The molecule has 0 unspecified atom stereocenters. The number of hydrogen-bond donors (Lipinski definition) is 2. The zero-order valence-electron chi connectivity index (χ0n) is 13.2. The van der Waals surface area contributed by atoms with Gasteiger partial charge in [-0.05, 0) is 25.1 Å². The van der Waals surface area contributed by atoms with Gasteiger partial charge in [0, 0.05) is 25.5 Å². The molecule has 124 valence electrons. The van der Waals surface area contributed by atoms with E-state index in [1.54, 1.807) is 12.1 Å². The number of sulfonamides is 1. The zero-order chi connectivity index (χ0) is 17.0. The SMILES string of the molecule is Cc1cc2c(NC(=O)NCCN(C)S(C)(=O)=O)cccc2nn1. The van der Waals surface area contributed by atoms with Gasteiger partial charge in [-0.25, -0.2) is 17.5 Å². The Labute approximate surface area is 134 Å². The van der Waals surface area contributed by atoms with Crippen LogP contribution in [-0.2, 0) is 10.0 Å². The lowest BCUT2D eigenvalue weighted by atomic mass is 10.2. The van der Waals surface area contributed by atoms with Crippen molar-refractivity contribution in [3.8, 4) is 0 Å². The summed E-state index contributed by atoms with van der Waals surface area (Å²) in [5, 5.41) is 14.2. The number of nitrogens with one attached hydrogen (secondary N) is 2. The monoisotopic (exact) mass is 337 g/mol. The number of fused-ring (bicyclic) bond motifs is 1. The van der Waals surface area contributed by atoms with E-state index in [1.165, 1.54) is 11.4 Å². The van der Waals surface area contributed by atoms with E-state index in [-0.39, 0.29) is 13.1 Å². The molecule has 2 N–H and O–H groups in total. The fourth-order valence-electron chi connectivity index (χ4n) is 1.93. The van der Waals surface area contributed by atoms with Gasteiger partial charge in [0.05, 0.1) is 23.2 Å². The Bertz CT molecular complexity index is 822. The average Bonchev–Trinajstić information content (AvgIpc) is 2.46. The minimum absolute atomic E-state index is 0.201. The Morgan fingerprint density at radius 3 is 2.74 bits per heavy atom. The van der Waals surface area contributed by atoms with Crippen LogP contribution in [0.25, 0.3) is 10.9 Å². The Hall–Kier alpha value is -2.26. The third-order valence-corrected chi connectivity index (χ3v) is 4.59. The highest BCUT2D eigenvalue weighted by Crippen LogP contribution is 2.21. The van der Waals surface area contributed by atoms with Crippen LogP contribution in [0.2, 0.25) is 0 Å². The van der Waals surface area contributed by atoms with E-state index >= 15 is 0 Å². The van der Waals surface area contributed by atoms with E-state index in [2.05, 4.69) is 20.8 Å². The first-order valence-corrected chi connectivity index (χ1v) is 8.81. The number of nitrogens with zero attached hydrogens (tertiary/aromatic N) is 3. The van der Waals surface area contributed by atoms with Crippen molar-refractivity contribution in [2.45, 2.75) is 6.92 Å². The van der Waals surface area contributed by atoms with Crippen molar-refractivity contribution >= 4 is 32.6 Å². The van der Waals surface area contributed by atoms with Gasteiger partial charge in [0.2, 0.25) is 10.0 Å². The maximum absolute atomic E-state index is 11.9. The molecular weight excluding hydrogens is 318 g/mol. The second-order valence-corrected chi connectivity index (χ2v) is 7.28. The zero-order valence-corrected chi connectivity index (χ0v) is 14.0. The van der Waals surface area contributed by atoms with Gasteiger partial charge in [-0.1, -0.05) is 6.07 Å². The van der Waals surface area contributed by atoms with Gasteiger partial charge < -0.3 is 10.6 Å². The van der Waals surface area contributed by atoms with Crippen molar-refractivity contribution in [1.82, 2.24) is 19.8 Å². The van der Waals surface area contributed by atoms with Gasteiger partial charge in [0.1, 0.15) is 0 Å². The van der Waals surface area contributed by atoms with Gasteiger partial charge in [-0.2, -0.15) is 10.2 Å². The number of hydrogen-bond acceptors (Lipinski definition) is 5. The van der Waals surface area contributed by atoms with Gasteiger partial charge in [-0.15, -0.1) is 0 Å². The predicted octanol–water partition coefficient (Wildman–Crippen LogP) is 0.951. The van der Waals surface area contributed by atoms with Gasteiger partial charge in [0.25, 0.3) is 0 Å². The third-order valence-electron chi connectivity index (χ3n) is 3.28. The second kappa shape index (κ2) is 6.88. The number of aromatic nitrogens is 2. The van der Waals surface area contributed by atoms with E-state index in [0.717, 1.165) is 17.3 Å². The predicted molar refractivity (Wildman–Crippen MR) is 88.8 cm³/mol.